The number of hydrogen-bond acceptors (Lipinski definition) is 3. The van der Waals surface area contributed by atoms with Crippen LogP contribution in [0.4, 0.5) is 4.79 Å². The van der Waals surface area contributed by atoms with Gasteiger partial charge >= 0.3 is 18.0 Å². The number of aliphatic carboxylic acids is 2. The van der Waals surface area contributed by atoms with E-state index in [2.05, 4.69) is 0 Å². The number of urea groups is 1. The zero-order valence-corrected chi connectivity index (χ0v) is 11.8. The van der Waals surface area contributed by atoms with Crippen LogP contribution in [0.15, 0.2) is 0 Å². The minimum Gasteiger partial charge on any atom is -0.480 e. The van der Waals surface area contributed by atoms with Crippen LogP contribution >= 0.6 is 0 Å². The van der Waals surface area contributed by atoms with Crippen LogP contribution in [0.3, 0.4) is 0 Å². The summed E-state index contributed by atoms with van der Waals surface area (Å²) in [6.07, 6.45) is 0. The molecule has 0 aliphatic carbocycles. The summed E-state index contributed by atoms with van der Waals surface area (Å²) in [4.78, 5) is 35.9. The Balaban J connectivity index is 4.99. The van der Waals surface area contributed by atoms with E-state index in [1.54, 1.807) is 13.8 Å². The molecular weight excluding hydrogens is 252 g/mol. The second-order valence-electron chi connectivity index (χ2n) is 5.07. The molecule has 0 atom stereocenters. The Morgan fingerprint density at radius 2 is 1.37 bits per heavy atom. The number of amides is 2. The quantitative estimate of drug-likeness (QED) is 0.720. The van der Waals surface area contributed by atoms with Gasteiger partial charge in [-0.2, -0.15) is 0 Å². The fourth-order valence-electron chi connectivity index (χ4n) is 1.60. The third kappa shape index (κ3) is 6.64. The SMILES string of the molecule is CC(C)CN(C(=O)N(CC(=O)O)CC(=O)O)C(C)C. The van der Waals surface area contributed by atoms with Crippen molar-refractivity contribution in [3.8, 4) is 0 Å². The van der Waals surface area contributed by atoms with E-state index in [1.165, 1.54) is 4.90 Å². The molecule has 2 amide bonds. The summed E-state index contributed by atoms with van der Waals surface area (Å²) in [7, 11) is 0. The lowest BCUT2D eigenvalue weighted by molar-refractivity contribution is -0.140. The Kier molecular flexibility index (Phi) is 6.89. The molecule has 7 heteroatoms. The molecule has 7 nitrogen and oxygen atoms in total. The summed E-state index contributed by atoms with van der Waals surface area (Å²) < 4.78 is 0. The van der Waals surface area contributed by atoms with Crippen LogP contribution in [-0.4, -0.2) is 63.7 Å². The maximum absolute atomic E-state index is 12.2. The van der Waals surface area contributed by atoms with E-state index >= 15 is 0 Å². The summed E-state index contributed by atoms with van der Waals surface area (Å²) in [6.45, 7) is 6.69. The van der Waals surface area contributed by atoms with Crippen LogP contribution < -0.4 is 0 Å². The van der Waals surface area contributed by atoms with Gasteiger partial charge in [0.1, 0.15) is 13.1 Å². The van der Waals surface area contributed by atoms with Crippen molar-refractivity contribution < 1.29 is 24.6 Å². The van der Waals surface area contributed by atoms with Crippen molar-refractivity contribution in [1.29, 1.82) is 0 Å². The fourth-order valence-corrected chi connectivity index (χ4v) is 1.60. The smallest absolute Gasteiger partial charge is 0.323 e. The first-order valence-corrected chi connectivity index (χ1v) is 6.14. The zero-order valence-electron chi connectivity index (χ0n) is 11.8. The molecule has 0 fully saturated rings. The summed E-state index contributed by atoms with van der Waals surface area (Å²) >= 11 is 0. The highest BCUT2D eigenvalue weighted by Gasteiger charge is 2.26. The number of carbonyl (C=O) groups excluding carboxylic acids is 1. The lowest BCUT2D eigenvalue weighted by Crippen LogP contribution is -2.50. The van der Waals surface area contributed by atoms with Gasteiger partial charge in [-0.3, -0.25) is 9.59 Å². The summed E-state index contributed by atoms with van der Waals surface area (Å²) in [6, 6.07) is -0.687. The average Bonchev–Trinajstić information content (AvgIpc) is 2.22. The molecule has 110 valence electrons. The van der Waals surface area contributed by atoms with E-state index in [0.29, 0.717) is 6.54 Å². The normalized spacial score (nSPS) is 10.6. The Bertz CT molecular complexity index is 325. The minimum atomic E-state index is -1.23. The molecule has 19 heavy (non-hydrogen) atoms. The molecule has 0 radical (unpaired) electrons. The number of rotatable bonds is 7. The molecule has 0 aromatic carbocycles. The van der Waals surface area contributed by atoms with E-state index in [-0.39, 0.29) is 12.0 Å². The maximum atomic E-state index is 12.2. The van der Waals surface area contributed by atoms with E-state index in [0.717, 1.165) is 4.90 Å². The summed E-state index contributed by atoms with van der Waals surface area (Å²) in [5.41, 5.74) is 0. The van der Waals surface area contributed by atoms with Crippen LogP contribution in [-0.2, 0) is 9.59 Å². The Morgan fingerprint density at radius 3 is 1.63 bits per heavy atom. The van der Waals surface area contributed by atoms with E-state index in [1.807, 2.05) is 13.8 Å². The van der Waals surface area contributed by atoms with Crippen molar-refractivity contribution in [3.63, 3.8) is 0 Å². The third-order valence-corrected chi connectivity index (χ3v) is 2.35. The molecule has 0 aliphatic rings. The van der Waals surface area contributed by atoms with Crippen molar-refractivity contribution in [2.75, 3.05) is 19.6 Å². The van der Waals surface area contributed by atoms with Gasteiger partial charge in [0.25, 0.3) is 0 Å². The predicted octanol–water partition coefficient (Wildman–Crippen LogP) is 0.944. The average molecular weight is 274 g/mol. The van der Waals surface area contributed by atoms with Gasteiger partial charge < -0.3 is 20.0 Å². The van der Waals surface area contributed by atoms with Crippen LogP contribution in [0.25, 0.3) is 0 Å². The van der Waals surface area contributed by atoms with Gasteiger partial charge in [-0.25, -0.2) is 4.79 Å². The Hall–Kier alpha value is -1.79. The topological polar surface area (TPSA) is 98.2 Å². The van der Waals surface area contributed by atoms with Crippen LogP contribution in [0.5, 0.6) is 0 Å². The van der Waals surface area contributed by atoms with Crippen molar-refractivity contribution in [3.05, 3.63) is 0 Å². The number of carboxylic acids is 2. The van der Waals surface area contributed by atoms with Gasteiger partial charge in [0.05, 0.1) is 0 Å². The summed E-state index contributed by atoms with van der Waals surface area (Å²) in [5, 5.41) is 17.5. The molecule has 0 aromatic rings. The number of nitrogens with zero attached hydrogens (tertiary/aromatic N) is 2. The highest BCUT2D eigenvalue weighted by molar-refractivity contribution is 5.84. The summed E-state index contributed by atoms with van der Waals surface area (Å²) in [5.74, 6) is -2.26. The molecule has 0 saturated heterocycles. The van der Waals surface area contributed by atoms with Gasteiger partial charge in [0.2, 0.25) is 0 Å². The van der Waals surface area contributed by atoms with Crippen LogP contribution in [0.2, 0.25) is 0 Å². The van der Waals surface area contributed by atoms with Crippen LogP contribution in [0, 0.1) is 5.92 Å². The molecule has 0 aromatic heterocycles. The van der Waals surface area contributed by atoms with Crippen molar-refractivity contribution in [2.45, 2.75) is 33.7 Å². The second-order valence-corrected chi connectivity index (χ2v) is 5.07. The molecule has 0 rings (SSSR count). The first-order chi connectivity index (χ1) is 8.65. The number of carboxylic acid groups (broad SMARTS) is 2. The largest absolute Gasteiger partial charge is 0.480 e. The molecule has 0 spiro atoms. The van der Waals surface area contributed by atoms with Crippen molar-refractivity contribution >= 4 is 18.0 Å². The Labute approximate surface area is 112 Å². The van der Waals surface area contributed by atoms with Crippen LogP contribution in [0.1, 0.15) is 27.7 Å². The molecular formula is C12H22N2O5. The van der Waals surface area contributed by atoms with Gasteiger partial charge in [-0.05, 0) is 19.8 Å². The van der Waals surface area contributed by atoms with Gasteiger partial charge in [0, 0.05) is 12.6 Å². The van der Waals surface area contributed by atoms with E-state index in [4.69, 9.17) is 10.2 Å². The van der Waals surface area contributed by atoms with E-state index in [9.17, 15) is 14.4 Å². The lowest BCUT2D eigenvalue weighted by Gasteiger charge is -2.33. The standard InChI is InChI=1S/C12H22N2O5/c1-8(2)5-14(9(3)4)12(19)13(6-10(15)16)7-11(17)18/h8-9H,5-7H2,1-4H3,(H,15,16)(H,17,18). The fraction of sp³-hybridized carbons (Fsp3) is 0.750. The molecule has 2 N–H and O–H groups in total. The molecule has 0 aliphatic heterocycles. The van der Waals surface area contributed by atoms with Gasteiger partial charge in [-0.15, -0.1) is 0 Å². The molecule has 0 heterocycles. The monoisotopic (exact) mass is 274 g/mol. The van der Waals surface area contributed by atoms with Crippen molar-refractivity contribution in [2.24, 2.45) is 5.92 Å². The number of hydrogen-bond donors (Lipinski definition) is 2. The molecule has 0 saturated carbocycles. The van der Waals surface area contributed by atoms with E-state index < -0.39 is 31.1 Å². The highest BCUT2D eigenvalue weighted by Crippen LogP contribution is 2.08. The minimum absolute atomic E-state index is 0.125. The Morgan fingerprint density at radius 1 is 0.947 bits per heavy atom. The molecule has 0 bridgehead atoms. The van der Waals surface area contributed by atoms with Gasteiger partial charge in [0.15, 0.2) is 0 Å². The number of carbonyl (C=O) groups is 3. The maximum Gasteiger partial charge on any atom is 0.323 e. The molecule has 0 unspecified atom stereocenters. The zero-order chi connectivity index (χ0) is 15.2. The first-order valence-electron chi connectivity index (χ1n) is 6.14. The van der Waals surface area contributed by atoms with Crippen molar-refractivity contribution in [1.82, 2.24) is 9.80 Å². The lowest BCUT2D eigenvalue weighted by atomic mass is 10.2. The highest BCUT2D eigenvalue weighted by atomic mass is 16.4. The first kappa shape index (κ1) is 17.2. The third-order valence-electron chi connectivity index (χ3n) is 2.35. The predicted molar refractivity (Wildman–Crippen MR) is 68.9 cm³/mol. The van der Waals surface area contributed by atoms with Gasteiger partial charge in [-0.1, -0.05) is 13.8 Å². The second kappa shape index (κ2) is 7.60.